The fourth-order valence-corrected chi connectivity index (χ4v) is 2.28. The summed E-state index contributed by atoms with van der Waals surface area (Å²) in [7, 11) is -3.33. The maximum atomic E-state index is 11.1. The Balaban J connectivity index is 2.61. The molecule has 4 nitrogen and oxygen atoms in total. The molecule has 1 rings (SSSR count). The molecule has 72 valence electrons. The maximum Gasteiger partial charge on any atom is 0.226 e. The summed E-state index contributed by atoms with van der Waals surface area (Å²) in [5.41, 5.74) is -0.465. The third-order valence-corrected chi connectivity index (χ3v) is 3.72. The highest BCUT2D eigenvalue weighted by molar-refractivity contribution is 7.90. The van der Waals surface area contributed by atoms with Gasteiger partial charge in [-0.15, -0.1) is 11.6 Å². The van der Waals surface area contributed by atoms with Gasteiger partial charge < -0.3 is 4.74 Å². The number of sulfonamides is 1. The van der Waals surface area contributed by atoms with Crippen molar-refractivity contribution >= 4 is 21.6 Å². The van der Waals surface area contributed by atoms with E-state index in [-0.39, 0.29) is 0 Å². The Labute approximate surface area is 77.3 Å². The van der Waals surface area contributed by atoms with Crippen LogP contribution in [0.4, 0.5) is 0 Å². The molecule has 1 aliphatic heterocycles. The summed E-state index contributed by atoms with van der Waals surface area (Å²) in [4.78, 5) is 0. The molecular weight excluding hydrogens is 202 g/mol. The Morgan fingerprint density at radius 3 is 2.75 bits per heavy atom. The van der Waals surface area contributed by atoms with E-state index in [1.54, 1.807) is 0 Å². The normalized spacial score (nSPS) is 30.8. The Hall–Kier alpha value is 0.160. The van der Waals surface area contributed by atoms with Gasteiger partial charge in [-0.25, -0.2) is 13.1 Å². The van der Waals surface area contributed by atoms with Crippen LogP contribution in [0, 0.1) is 0 Å². The van der Waals surface area contributed by atoms with Crippen molar-refractivity contribution in [1.82, 2.24) is 4.72 Å². The number of nitrogens with one attached hydrogen (secondary N) is 1. The van der Waals surface area contributed by atoms with Gasteiger partial charge in [-0.05, 0) is 13.3 Å². The van der Waals surface area contributed by atoms with E-state index in [1.807, 2.05) is 6.92 Å². The van der Waals surface area contributed by atoms with E-state index in [9.17, 15) is 8.42 Å². The van der Waals surface area contributed by atoms with Crippen LogP contribution in [0.25, 0.3) is 0 Å². The predicted molar refractivity (Wildman–Crippen MR) is 46.6 cm³/mol. The highest BCUT2D eigenvalue weighted by Gasteiger charge is 2.33. The van der Waals surface area contributed by atoms with Crippen molar-refractivity contribution < 1.29 is 13.2 Å². The van der Waals surface area contributed by atoms with Gasteiger partial charge in [0.05, 0.1) is 12.1 Å². The summed E-state index contributed by atoms with van der Waals surface area (Å²) in [6.07, 6.45) is 0.698. The molecule has 1 aliphatic rings. The Morgan fingerprint density at radius 1 is 1.67 bits per heavy atom. The Morgan fingerprint density at radius 2 is 2.33 bits per heavy atom. The van der Waals surface area contributed by atoms with Gasteiger partial charge in [0.15, 0.2) is 0 Å². The molecule has 0 bridgehead atoms. The molecule has 0 spiro atoms. The standard InChI is InChI=1S/C6H12ClNO3S/c1-6(2-3-11-4-6)8-12(9,10)5-7/h8H,2-5H2,1H3. The second-order valence-corrected chi connectivity index (χ2v) is 5.50. The van der Waals surface area contributed by atoms with Crippen LogP contribution in [-0.2, 0) is 14.8 Å². The average molecular weight is 214 g/mol. The molecular formula is C6H12ClNO3S. The first-order chi connectivity index (χ1) is 5.47. The SMILES string of the molecule is CC1(NS(=O)(=O)CCl)CCOC1. The monoisotopic (exact) mass is 213 g/mol. The summed E-state index contributed by atoms with van der Waals surface area (Å²) < 4.78 is 29.7. The Kier molecular flexibility index (Phi) is 2.98. The number of rotatable bonds is 3. The first-order valence-corrected chi connectivity index (χ1v) is 5.81. The summed E-state index contributed by atoms with van der Waals surface area (Å²) in [6, 6.07) is 0. The van der Waals surface area contributed by atoms with Crippen LogP contribution in [0.15, 0.2) is 0 Å². The van der Waals surface area contributed by atoms with Gasteiger partial charge in [-0.3, -0.25) is 0 Å². The molecule has 1 heterocycles. The Bertz CT molecular complexity index is 246. The minimum Gasteiger partial charge on any atom is -0.379 e. The predicted octanol–water partition coefficient (Wildman–Crippen LogP) is 0.281. The third kappa shape index (κ3) is 2.58. The molecule has 6 heteroatoms. The summed E-state index contributed by atoms with van der Waals surface area (Å²) in [5, 5.41) is -0.400. The van der Waals surface area contributed by atoms with Crippen LogP contribution in [0.1, 0.15) is 13.3 Å². The van der Waals surface area contributed by atoms with Crippen molar-refractivity contribution in [3.8, 4) is 0 Å². The fraction of sp³-hybridized carbons (Fsp3) is 1.00. The number of alkyl halides is 1. The van der Waals surface area contributed by atoms with Crippen LogP contribution >= 0.6 is 11.6 Å². The molecule has 0 radical (unpaired) electrons. The molecule has 12 heavy (non-hydrogen) atoms. The molecule has 1 atom stereocenters. The minimum atomic E-state index is -3.33. The van der Waals surface area contributed by atoms with Crippen LogP contribution in [0.3, 0.4) is 0 Å². The molecule has 1 fully saturated rings. The van der Waals surface area contributed by atoms with Gasteiger partial charge in [0, 0.05) is 6.61 Å². The van der Waals surface area contributed by atoms with Crippen LogP contribution in [-0.4, -0.2) is 32.4 Å². The second-order valence-electron chi connectivity index (χ2n) is 3.19. The van der Waals surface area contributed by atoms with E-state index in [1.165, 1.54) is 0 Å². The van der Waals surface area contributed by atoms with Crippen molar-refractivity contribution in [2.24, 2.45) is 0 Å². The first kappa shape index (κ1) is 10.2. The lowest BCUT2D eigenvalue weighted by Crippen LogP contribution is -2.46. The van der Waals surface area contributed by atoms with E-state index in [4.69, 9.17) is 16.3 Å². The maximum absolute atomic E-state index is 11.1. The highest BCUT2D eigenvalue weighted by Crippen LogP contribution is 2.18. The quantitative estimate of drug-likeness (QED) is 0.686. The molecule has 0 aromatic carbocycles. The molecule has 1 unspecified atom stereocenters. The zero-order valence-corrected chi connectivity index (χ0v) is 8.41. The van der Waals surface area contributed by atoms with Crippen molar-refractivity contribution in [1.29, 1.82) is 0 Å². The molecule has 1 saturated heterocycles. The number of hydrogen-bond donors (Lipinski definition) is 1. The molecule has 1 N–H and O–H groups in total. The van der Waals surface area contributed by atoms with Crippen molar-refractivity contribution in [2.75, 3.05) is 18.4 Å². The largest absolute Gasteiger partial charge is 0.379 e. The third-order valence-electron chi connectivity index (χ3n) is 1.76. The minimum absolute atomic E-state index is 0.400. The topological polar surface area (TPSA) is 55.4 Å². The van der Waals surface area contributed by atoms with Crippen LogP contribution in [0.5, 0.6) is 0 Å². The highest BCUT2D eigenvalue weighted by atomic mass is 35.5. The lowest BCUT2D eigenvalue weighted by molar-refractivity contribution is 0.178. The van der Waals surface area contributed by atoms with Crippen molar-refractivity contribution in [3.05, 3.63) is 0 Å². The van der Waals surface area contributed by atoms with Gasteiger partial charge in [0.25, 0.3) is 0 Å². The first-order valence-electron chi connectivity index (χ1n) is 3.63. The van der Waals surface area contributed by atoms with E-state index in [2.05, 4.69) is 4.72 Å². The second kappa shape index (κ2) is 3.49. The zero-order valence-electron chi connectivity index (χ0n) is 6.84. The van der Waals surface area contributed by atoms with Crippen LogP contribution in [0.2, 0.25) is 0 Å². The van der Waals surface area contributed by atoms with Gasteiger partial charge in [-0.2, -0.15) is 0 Å². The molecule has 0 amide bonds. The van der Waals surface area contributed by atoms with Gasteiger partial charge in [0.1, 0.15) is 5.21 Å². The molecule has 0 aromatic rings. The van der Waals surface area contributed by atoms with Gasteiger partial charge in [0.2, 0.25) is 10.0 Å². The molecule has 0 saturated carbocycles. The number of ether oxygens (including phenoxy) is 1. The van der Waals surface area contributed by atoms with Gasteiger partial charge >= 0.3 is 0 Å². The fourth-order valence-electron chi connectivity index (χ4n) is 1.15. The van der Waals surface area contributed by atoms with E-state index < -0.39 is 20.8 Å². The van der Waals surface area contributed by atoms with E-state index in [0.29, 0.717) is 19.6 Å². The van der Waals surface area contributed by atoms with Crippen molar-refractivity contribution in [2.45, 2.75) is 18.9 Å². The zero-order chi connectivity index (χ0) is 9.24. The molecule has 0 aliphatic carbocycles. The van der Waals surface area contributed by atoms with E-state index >= 15 is 0 Å². The lowest BCUT2D eigenvalue weighted by Gasteiger charge is -2.22. The van der Waals surface area contributed by atoms with Crippen molar-refractivity contribution in [3.63, 3.8) is 0 Å². The van der Waals surface area contributed by atoms with Crippen LogP contribution < -0.4 is 4.72 Å². The average Bonchev–Trinajstić information content (AvgIpc) is 2.35. The molecule has 0 aromatic heterocycles. The number of hydrogen-bond acceptors (Lipinski definition) is 3. The lowest BCUT2D eigenvalue weighted by atomic mass is 10.0. The van der Waals surface area contributed by atoms with E-state index in [0.717, 1.165) is 0 Å². The summed E-state index contributed by atoms with van der Waals surface area (Å²) in [5.74, 6) is 0. The summed E-state index contributed by atoms with van der Waals surface area (Å²) in [6.45, 7) is 2.83. The number of halogens is 1. The smallest absolute Gasteiger partial charge is 0.226 e. The van der Waals surface area contributed by atoms with Gasteiger partial charge in [-0.1, -0.05) is 0 Å². The summed E-state index contributed by atoms with van der Waals surface area (Å²) >= 11 is 5.24.